The van der Waals surface area contributed by atoms with Crippen molar-refractivity contribution >= 4 is 33.2 Å². The molecule has 0 fully saturated rings. The van der Waals surface area contributed by atoms with Crippen LogP contribution in [0.1, 0.15) is 24.1 Å². The monoisotopic (exact) mass is 361 g/mol. The highest BCUT2D eigenvalue weighted by Gasteiger charge is 2.20. The van der Waals surface area contributed by atoms with Gasteiger partial charge >= 0.3 is 0 Å². The first-order valence-electron chi connectivity index (χ1n) is 7.05. The second-order valence-electron chi connectivity index (χ2n) is 5.34. The van der Waals surface area contributed by atoms with Crippen LogP contribution in [0.2, 0.25) is 5.15 Å². The van der Waals surface area contributed by atoms with Crippen molar-refractivity contribution in [1.29, 1.82) is 0 Å². The molecule has 0 unspecified atom stereocenters. The highest BCUT2D eigenvalue weighted by Crippen LogP contribution is 2.31. The maximum atomic E-state index is 6.54. The first-order valence-corrected chi connectivity index (χ1v) is 8.22. The molecule has 0 atom stereocenters. The van der Waals surface area contributed by atoms with Crippen molar-refractivity contribution in [1.82, 2.24) is 14.6 Å². The van der Waals surface area contributed by atoms with Crippen molar-refractivity contribution in [2.45, 2.75) is 25.7 Å². The van der Waals surface area contributed by atoms with Gasteiger partial charge < -0.3 is 0 Å². The lowest BCUT2D eigenvalue weighted by Gasteiger charge is -2.16. The minimum atomic E-state index is 0.720. The molecule has 1 aromatic carbocycles. The molecule has 0 radical (unpaired) electrons. The zero-order valence-corrected chi connectivity index (χ0v) is 13.7. The van der Waals surface area contributed by atoms with Crippen LogP contribution in [0.5, 0.6) is 0 Å². The van der Waals surface area contributed by atoms with Gasteiger partial charge in [-0.15, -0.1) is 0 Å². The molecule has 0 saturated heterocycles. The highest BCUT2D eigenvalue weighted by molar-refractivity contribution is 9.10. The number of benzene rings is 1. The zero-order chi connectivity index (χ0) is 14.4. The second kappa shape index (κ2) is 5.11. The van der Waals surface area contributed by atoms with E-state index >= 15 is 0 Å². The first-order chi connectivity index (χ1) is 10.2. The third kappa shape index (κ3) is 2.17. The molecule has 0 aliphatic heterocycles. The third-order valence-corrected chi connectivity index (χ3v) is 4.93. The van der Waals surface area contributed by atoms with Crippen molar-refractivity contribution in [2.75, 3.05) is 0 Å². The van der Waals surface area contributed by atoms with E-state index in [1.807, 2.05) is 18.3 Å². The van der Waals surface area contributed by atoms with E-state index in [2.05, 4.69) is 33.2 Å². The Morgan fingerprint density at radius 1 is 1.10 bits per heavy atom. The van der Waals surface area contributed by atoms with Crippen molar-refractivity contribution in [3.63, 3.8) is 0 Å². The number of rotatable bonds is 1. The number of hydrogen-bond donors (Lipinski definition) is 0. The Hall–Kier alpha value is -1.39. The Bertz CT molecular complexity index is 824. The molecule has 106 valence electrons. The van der Waals surface area contributed by atoms with Crippen LogP contribution in [0.15, 0.2) is 34.9 Å². The second-order valence-corrected chi connectivity index (χ2v) is 6.61. The average molecular weight is 363 g/mol. The number of nitrogens with zero attached hydrogens (tertiary/aromatic N) is 3. The summed E-state index contributed by atoms with van der Waals surface area (Å²) in [5, 5.41) is 5.16. The number of aryl methyl sites for hydroxylation is 1. The molecule has 2 heterocycles. The van der Waals surface area contributed by atoms with Crippen LogP contribution in [0.25, 0.3) is 16.8 Å². The first kappa shape index (κ1) is 13.3. The van der Waals surface area contributed by atoms with E-state index < -0.39 is 0 Å². The topological polar surface area (TPSA) is 30.2 Å². The summed E-state index contributed by atoms with van der Waals surface area (Å²) in [6.45, 7) is 0. The summed E-state index contributed by atoms with van der Waals surface area (Å²) in [6.07, 6.45) is 6.24. The van der Waals surface area contributed by atoms with Gasteiger partial charge in [-0.05, 0) is 43.4 Å². The summed E-state index contributed by atoms with van der Waals surface area (Å²) in [5.41, 5.74) is 5.28. The maximum Gasteiger partial charge on any atom is 0.164 e. The lowest BCUT2D eigenvalue weighted by atomic mass is 9.97. The van der Waals surface area contributed by atoms with Crippen molar-refractivity contribution in [3.05, 3.63) is 51.3 Å². The molecule has 0 N–H and O–H groups in total. The number of aromatic nitrogens is 3. The SMILES string of the molecule is Clc1c2c(nc3c(-c4ccc(Br)cc4)cnn13)CCCC2. The van der Waals surface area contributed by atoms with Gasteiger partial charge in [0.05, 0.1) is 6.20 Å². The molecule has 3 nitrogen and oxygen atoms in total. The molecular formula is C16H13BrClN3. The highest BCUT2D eigenvalue weighted by atomic mass is 79.9. The van der Waals surface area contributed by atoms with E-state index in [-0.39, 0.29) is 0 Å². The van der Waals surface area contributed by atoms with Gasteiger partial charge in [-0.3, -0.25) is 0 Å². The van der Waals surface area contributed by atoms with Gasteiger partial charge in [-0.2, -0.15) is 5.10 Å². The predicted molar refractivity (Wildman–Crippen MR) is 87.8 cm³/mol. The van der Waals surface area contributed by atoms with E-state index in [0.29, 0.717) is 0 Å². The molecule has 0 bridgehead atoms. The Balaban J connectivity index is 1.95. The van der Waals surface area contributed by atoms with Gasteiger partial charge in [0.15, 0.2) is 5.65 Å². The van der Waals surface area contributed by atoms with E-state index in [1.165, 1.54) is 18.4 Å². The van der Waals surface area contributed by atoms with Gasteiger partial charge in [0.25, 0.3) is 0 Å². The molecule has 4 rings (SSSR count). The van der Waals surface area contributed by atoms with E-state index in [1.54, 1.807) is 4.52 Å². The van der Waals surface area contributed by atoms with Crippen LogP contribution in [0, 0.1) is 0 Å². The molecular weight excluding hydrogens is 350 g/mol. The lowest BCUT2D eigenvalue weighted by molar-refractivity contribution is 0.660. The fourth-order valence-electron chi connectivity index (χ4n) is 2.92. The summed E-state index contributed by atoms with van der Waals surface area (Å²) in [7, 11) is 0. The molecule has 5 heteroatoms. The molecule has 1 aliphatic rings. The van der Waals surface area contributed by atoms with Crippen LogP contribution in [-0.4, -0.2) is 14.6 Å². The Morgan fingerprint density at radius 3 is 2.67 bits per heavy atom. The van der Waals surface area contributed by atoms with Gasteiger partial charge in [0, 0.05) is 21.3 Å². The zero-order valence-electron chi connectivity index (χ0n) is 11.3. The number of hydrogen-bond acceptors (Lipinski definition) is 2. The Kier molecular flexibility index (Phi) is 3.23. The van der Waals surface area contributed by atoms with Crippen LogP contribution in [0.3, 0.4) is 0 Å². The summed E-state index contributed by atoms with van der Waals surface area (Å²) in [5.74, 6) is 0. The Morgan fingerprint density at radius 2 is 1.86 bits per heavy atom. The Labute approximate surface area is 136 Å². The van der Waals surface area contributed by atoms with Crippen LogP contribution >= 0.6 is 27.5 Å². The maximum absolute atomic E-state index is 6.54. The van der Waals surface area contributed by atoms with Crippen molar-refractivity contribution in [3.8, 4) is 11.1 Å². The van der Waals surface area contributed by atoms with E-state index in [0.717, 1.165) is 44.9 Å². The molecule has 0 spiro atoms. The molecule has 0 saturated carbocycles. The van der Waals surface area contributed by atoms with Gasteiger partial charge in [0.2, 0.25) is 0 Å². The van der Waals surface area contributed by atoms with Crippen molar-refractivity contribution < 1.29 is 0 Å². The van der Waals surface area contributed by atoms with E-state index in [4.69, 9.17) is 16.6 Å². The fraction of sp³-hybridized carbons (Fsp3) is 0.250. The quantitative estimate of drug-likeness (QED) is 0.588. The summed E-state index contributed by atoms with van der Waals surface area (Å²) < 4.78 is 2.83. The van der Waals surface area contributed by atoms with Gasteiger partial charge in [0.1, 0.15) is 5.15 Å². The number of halogens is 2. The molecule has 1 aliphatic carbocycles. The normalized spacial score (nSPS) is 14.4. The van der Waals surface area contributed by atoms with E-state index in [9.17, 15) is 0 Å². The smallest absolute Gasteiger partial charge is 0.164 e. The van der Waals surface area contributed by atoms with Crippen LogP contribution in [-0.2, 0) is 12.8 Å². The lowest BCUT2D eigenvalue weighted by Crippen LogP contribution is -2.10. The third-order valence-electron chi connectivity index (χ3n) is 4.01. The summed E-state index contributed by atoms with van der Waals surface area (Å²) in [6, 6.07) is 8.18. The molecule has 0 amide bonds. The molecule has 2 aromatic heterocycles. The van der Waals surface area contributed by atoms with Gasteiger partial charge in [-0.1, -0.05) is 39.7 Å². The van der Waals surface area contributed by atoms with Crippen LogP contribution in [0.4, 0.5) is 0 Å². The summed E-state index contributed by atoms with van der Waals surface area (Å²) >= 11 is 10.0. The average Bonchev–Trinajstić information content (AvgIpc) is 2.92. The summed E-state index contributed by atoms with van der Waals surface area (Å²) in [4.78, 5) is 4.84. The number of fused-ring (bicyclic) bond motifs is 2. The molecule has 21 heavy (non-hydrogen) atoms. The predicted octanol–water partition coefficient (Wildman–Crippen LogP) is 4.69. The van der Waals surface area contributed by atoms with Gasteiger partial charge in [-0.25, -0.2) is 9.50 Å². The fourth-order valence-corrected chi connectivity index (χ4v) is 3.51. The minimum absolute atomic E-state index is 0.720. The standard InChI is InChI=1S/C16H13BrClN3/c17-11-7-5-10(6-8-11)13-9-19-21-15(18)12-3-1-2-4-14(12)20-16(13)21/h5-9H,1-4H2. The van der Waals surface area contributed by atoms with Crippen LogP contribution < -0.4 is 0 Å². The molecule has 3 aromatic rings. The largest absolute Gasteiger partial charge is 0.233 e. The van der Waals surface area contributed by atoms with Crippen molar-refractivity contribution in [2.24, 2.45) is 0 Å². The minimum Gasteiger partial charge on any atom is -0.233 e.